The molecule has 1 aromatic rings. The molecule has 3 heteroatoms. The molecule has 0 bridgehead atoms. The molecule has 3 nitrogen and oxygen atoms in total. The van der Waals surface area contributed by atoms with E-state index in [-0.39, 0.29) is 11.9 Å². The van der Waals surface area contributed by atoms with Crippen molar-refractivity contribution in [3.8, 4) is 0 Å². The molecule has 1 aromatic carbocycles. The predicted octanol–water partition coefficient (Wildman–Crippen LogP) is 1.49. The lowest BCUT2D eigenvalue weighted by atomic mass is 10.1. The predicted molar refractivity (Wildman–Crippen MR) is 68.8 cm³/mol. The van der Waals surface area contributed by atoms with E-state index in [0.29, 0.717) is 0 Å². The van der Waals surface area contributed by atoms with E-state index in [4.69, 9.17) is 0 Å². The normalized spacial score (nSPS) is 20.0. The number of piperidine rings is 1. The first-order valence-corrected chi connectivity index (χ1v) is 6.41. The summed E-state index contributed by atoms with van der Waals surface area (Å²) < 4.78 is 0. The van der Waals surface area contributed by atoms with Crippen LogP contribution in [0.4, 0.5) is 0 Å². The smallest absolute Gasteiger partial charge is 0.237 e. The van der Waals surface area contributed by atoms with Gasteiger partial charge in [0.25, 0.3) is 0 Å². The molecule has 1 aliphatic heterocycles. The van der Waals surface area contributed by atoms with Gasteiger partial charge in [-0.1, -0.05) is 30.3 Å². The molecule has 0 aliphatic carbocycles. The Kier molecular flexibility index (Phi) is 4.56. The third-order valence-corrected chi connectivity index (χ3v) is 3.16. The second-order valence-corrected chi connectivity index (χ2v) is 4.53. The molecule has 1 fully saturated rings. The van der Waals surface area contributed by atoms with Crippen LogP contribution < -0.4 is 10.6 Å². The molecule has 2 N–H and O–H groups in total. The first-order valence-electron chi connectivity index (χ1n) is 6.41. The lowest BCUT2D eigenvalue weighted by Gasteiger charge is -2.22. The van der Waals surface area contributed by atoms with Crippen molar-refractivity contribution < 1.29 is 4.79 Å². The Balaban J connectivity index is 1.64. The van der Waals surface area contributed by atoms with E-state index in [1.165, 1.54) is 5.56 Å². The van der Waals surface area contributed by atoms with Gasteiger partial charge in [-0.3, -0.25) is 4.79 Å². The monoisotopic (exact) mass is 232 g/mol. The highest BCUT2D eigenvalue weighted by atomic mass is 16.2. The van der Waals surface area contributed by atoms with Gasteiger partial charge in [0.05, 0.1) is 6.04 Å². The van der Waals surface area contributed by atoms with Crippen LogP contribution >= 0.6 is 0 Å². The standard InChI is InChI=1S/C14H20N2O/c17-14-13(9-5-11-16-14)15-10-4-8-12-6-2-1-3-7-12/h1-3,6-7,13,15H,4-5,8-11H2,(H,16,17). The van der Waals surface area contributed by atoms with Gasteiger partial charge in [-0.25, -0.2) is 0 Å². The van der Waals surface area contributed by atoms with Gasteiger partial charge >= 0.3 is 0 Å². The highest BCUT2D eigenvalue weighted by Crippen LogP contribution is 2.04. The van der Waals surface area contributed by atoms with Crippen molar-refractivity contribution in [1.29, 1.82) is 0 Å². The average Bonchev–Trinajstić information content (AvgIpc) is 2.38. The van der Waals surface area contributed by atoms with Crippen LogP contribution in [0.2, 0.25) is 0 Å². The fourth-order valence-corrected chi connectivity index (χ4v) is 2.18. The number of carbonyl (C=O) groups excluding carboxylic acids is 1. The zero-order valence-corrected chi connectivity index (χ0v) is 10.1. The fraction of sp³-hybridized carbons (Fsp3) is 0.500. The highest BCUT2D eigenvalue weighted by molar-refractivity contribution is 5.82. The summed E-state index contributed by atoms with van der Waals surface area (Å²) in [5.41, 5.74) is 1.36. The number of hydrogen-bond acceptors (Lipinski definition) is 2. The third kappa shape index (κ3) is 3.86. The molecule has 1 heterocycles. The molecule has 1 aliphatic rings. The van der Waals surface area contributed by atoms with E-state index in [2.05, 4.69) is 34.9 Å². The minimum Gasteiger partial charge on any atom is -0.355 e. The van der Waals surface area contributed by atoms with Gasteiger partial charge in [-0.05, 0) is 37.8 Å². The molecule has 1 amide bonds. The van der Waals surface area contributed by atoms with Crippen molar-refractivity contribution in [3.63, 3.8) is 0 Å². The third-order valence-electron chi connectivity index (χ3n) is 3.16. The van der Waals surface area contributed by atoms with Crippen molar-refractivity contribution in [2.24, 2.45) is 0 Å². The van der Waals surface area contributed by atoms with E-state index >= 15 is 0 Å². The summed E-state index contributed by atoms with van der Waals surface area (Å²) in [4.78, 5) is 11.5. The van der Waals surface area contributed by atoms with Gasteiger partial charge in [-0.2, -0.15) is 0 Å². The SMILES string of the molecule is O=C1NCCCC1NCCCc1ccccc1. The Bertz CT molecular complexity index is 350. The van der Waals surface area contributed by atoms with E-state index in [1.807, 2.05) is 6.07 Å². The second-order valence-electron chi connectivity index (χ2n) is 4.53. The van der Waals surface area contributed by atoms with Crippen molar-refractivity contribution in [3.05, 3.63) is 35.9 Å². The minimum absolute atomic E-state index is 0.0273. The van der Waals surface area contributed by atoms with Gasteiger partial charge in [0, 0.05) is 6.54 Å². The number of benzene rings is 1. The van der Waals surface area contributed by atoms with Crippen molar-refractivity contribution in [1.82, 2.24) is 10.6 Å². The maximum absolute atomic E-state index is 11.5. The summed E-state index contributed by atoms with van der Waals surface area (Å²) >= 11 is 0. The van der Waals surface area contributed by atoms with Gasteiger partial charge in [0.2, 0.25) is 5.91 Å². The van der Waals surface area contributed by atoms with Crippen LogP contribution in [0.25, 0.3) is 0 Å². The van der Waals surface area contributed by atoms with E-state index < -0.39 is 0 Å². The molecule has 0 spiro atoms. The molecular formula is C14H20N2O. The Morgan fingerprint density at radius 2 is 2.12 bits per heavy atom. The number of carbonyl (C=O) groups is 1. The summed E-state index contributed by atoms with van der Waals surface area (Å²) in [5, 5.41) is 6.22. The average molecular weight is 232 g/mol. The Morgan fingerprint density at radius 3 is 2.88 bits per heavy atom. The molecule has 1 atom stereocenters. The Labute approximate surface area is 103 Å². The van der Waals surface area contributed by atoms with E-state index in [9.17, 15) is 4.79 Å². The molecule has 2 rings (SSSR count). The topological polar surface area (TPSA) is 41.1 Å². The lowest BCUT2D eigenvalue weighted by Crippen LogP contribution is -2.48. The molecule has 17 heavy (non-hydrogen) atoms. The zero-order valence-electron chi connectivity index (χ0n) is 10.1. The highest BCUT2D eigenvalue weighted by Gasteiger charge is 2.20. The molecule has 0 saturated carbocycles. The summed E-state index contributed by atoms with van der Waals surface area (Å²) in [7, 11) is 0. The molecular weight excluding hydrogens is 212 g/mol. The van der Waals surface area contributed by atoms with Crippen molar-refractivity contribution in [2.45, 2.75) is 31.7 Å². The minimum atomic E-state index is 0.0273. The van der Waals surface area contributed by atoms with Gasteiger partial charge in [-0.15, -0.1) is 0 Å². The number of rotatable bonds is 5. The second kappa shape index (κ2) is 6.40. The van der Waals surface area contributed by atoms with Crippen LogP contribution in [-0.4, -0.2) is 25.0 Å². The van der Waals surface area contributed by atoms with E-state index in [1.54, 1.807) is 0 Å². The van der Waals surface area contributed by atoms with Gasteiger partial charge < -0.3 is 10.6 Å². The largest absolute Gasteiger partial charge is 0.355 e. The number of nitrogens with one attached hydrogen (secondary N) is 2. The number of amides is 1. The zero-order chi connectivity index (χ0) is 11.9. The maximum Gasteiger partial charge on any atom is 0.237 e. The number of hydrogen-bond donors (Lipinski definition) is 2. The molecule has 0 aromatic heterocycles. The lowest BCUT2D eigenvalue weighted by molar-refractivity contribution is -0.124. The molecule has 92 valence electrons. The van der Waals surface area contributed by atoms with Crippen LogP contribution in [0.5, 0.6) is 0 Å². The van der Waals surface area contributed by atoms with Crippen LogP contribution in [0.1, 0.15) is 24.8 Å². The molecule has 0 radical (unpaired) electrons. The molecule has 1 unspecified atom stereocenters. The van der Waals surface area contributed by atoms with Crippen LogP contribution in [-0.2, 0) is 11.2 Å². The fourth-order valence-electron chi connectivity index (χ4n) is 2.18. The Hall–Kier alpha value is -1.35. The Morgan fingerprint density at radius 1 is 1.29 bits per heavy atom. The summed E-state index contributed by atoms with van der Waals surface area (Å²) in [5.74, 6) is 0.163. The molecule has 1 saturated heterocycles. The van der Waals surface area contributed by atoms with Crippen LogP contribution in [0.3, 0.4) is 0 Å². The summed E-state index contributed by atoms with van der Waals surface area (Å²) in [6, 6.07) is 10.5. The van der Waals surface area contributed by atoms with Crippen LogP contribution in [0.15, 0.2) is 30.3 Å². The van der Waals surface area contributed by atoms with Crippen molar-refractivity contribution in [2.75, 3.05) is 13.1 Å². The maximum atomic E-state index is 11.5. The van der Waals surface area contributed by atoms with Gasteiger partial charge in [0.15, 0.2) is 0 Å². The quantitative estimate of drug-likeness (QED) is 0.755. The van der Waals surface area contributed by atoms with E-state index in [0.717, 1.165) is 38.8 Å². The van der Waals surface area contributed by atoms with Gasteiger partial charge in [0.1, 0.15) is 0 Å². The first-order chi connectivity index (χ1) is 8.36. The van der Waals surface area contributed by atoms with Crippen LogP contribution in [0, 0.1) is 0 Å². The van der Waals surface area contributed by atoms with Crippen molar-refractivity contribution >= 4 is 5.91 Å². The number of aryl methyl sites for hydroxylation is 1. The summed E-state index contributed by atoms with van der Waals surface area (Å²) in [6.07, 6.45) is 4.20. The summed E-state index contributed by atoms with van der Waals surface area (Å²) in [6.45, 7) is 1.74. The first kappa shape index (κ1) is 12.1.